The Morgan fingerprint density at radius 3 is 1.33 bits per heavy atom. The standard InChI is InChI=1S/C11H13F11O3S.Na/c12-7(13,5-3-1-2-4-6-8(14,15)16)9(17,18)10(19,20)11(21,22)26(23,24)25;/h1-6H2,(H,23,24,25);/q;+1/p-1. The van der Waals surface area contributed by atoms with Crippen LogP contribution in [-0.4, -0.2) is 42.2 Å². The molecule has 0 aromatic rings. The smallest absolute Gasteiger partial charge is 0.743 e. The molecule has 0 aliphatic rings. The second-order valence-electron chi connectivity index (χ2n) is 5.35. The summed E-state index contributed by atoms with van der Waals surface area (Å²) in [5, 5.41) is -7.01. The molecule has 158 valence electrons. The van der Waals surface area contributed by atoms with Crippen LogP contribution in [0.5, 0.6) is 0 Å². The van der Waals surface area contributed by atoms with E-state index in [1.807, 2.05) is 0 Å². The molecule has 0 atom stereocenters. The van der Waals surface area contributed by atoms with Crippen molar-refractivity contribution < 1.29 is 90.8 Å². The second kappa shape index (κ2) is 9.30. The zero-order valence-electron chi connectivity index (χ0n) is 13.5. The van der Waals surface area contributed by atoms with Crippen molar-refractivity contribution in [3.8, 4) is 0 Å². The molecule has 0 saturated heterocycles. The van der Waals surface area contributed by atoms with Crippen molar-refractivity contribution in [2.75, 3.05) is 0 Å². The minimum atomic E-state index is -7.40. The minimum absolute atomic E-state index is 0. The quantitative estimate of drug-likeness (QED) is 0.219. The van der Waals surface area contributed by atoms with Crippen LogP contribution < -0.4 is 29.6 Å². The molecule has 0 bridgehead atoms. The molecule has 0 aromatic carbocycles. The van der Waals surface area contributed by atoms with Gasteiger partial charge in [-0.1, -0.05) is 12.8 Å². The fraction of sp³-hybridized carbons (Fsp3) is 1.00. The first-order valence-electron chi connectivity index (χ1n) is 6.74. The summed E-state index contributed by atoms with van der Waals surface area (Å²) in [5.41, 5.74) is 0. The molecule has 0 aliphatic heterocycles. The van der Waals surface area contributed by atoms with Gasteiger partial charge in [0, 0.05) is 12.8 Å². The fourth-order valence-electron chi connectivity index (χ4n) is 1.75. The van der Waals surface area contributed by atoms with Crippen molar-refractivity contribution in [1.29, 1.82) is 0 Å². The van der Waals surface area contributed by atoms with E-state index in [-0.39, 0.29) is 36.0 Å². The molecule has 0 saturated carbocycles. The van der Waals surface area contributed by atoms with Crippen molar-refractivity contribution in [1.82, 2.24) is 0 Å². The van der Waals surface area contributed by atoms with Crippen LogP contribution in [0.1, 0.15) is 38.5 Å². The van der Waals surface area contributed by atoms with Gasteiger partial charge in [-0.25, -0.2) is 8.42 Å². The Hall–Kier alpha value is 0.140. The van der Waals surface area contributed by atoms with Crippen LogP contribution in [-0.2, 0) is 10.1 Å². The Morgan fingerprint density at radius 2 is 1.00 bits per heavy atom. The average molecular weight is 456 g/mol. The van der Waals surface area contributed by atoms with Crippen LogP contribution in [0.4, 0.5) is 48.3 Å². The predicted octanol–water partition coefficient (Wildman–Crippen LogP) is 1.94. The Morgan fingerprint density at radius 1 is 0.630 bits per heavy atom. The van der Waals surface area contributed by atoms with E-state index < -0.39 is 71.4 Å². The van der Waals surface area contributed by atoms with Gasteiger partial charge in [0.15, 0.2) is 10.1 Å². The third kappa shape index (κ3) is 6.85. The molecule has 0 rings (SSSR count). The molecule has 27 heavy (non-hydrogen) atoms. The summed E-state index contributed by atoms with van der Waals surface area (Å²) in [6, 6.07) is 0. The normalized spacial score (nSPS) is 14.8. The molecule has 0 spiro atoms. The summed E-state index contributed by atoms with van der Waals surface area (Å²) in [7, 11) is -7.40. The van der Waals surface area contributed by atoms with Crippen LogP contribution in [0.2, 0.25) is 0 Å². The molecule has 0 N–H and O–H groups in total. The number of hydrogen-bond donors (Lipinski definition) is 0. The zero-order valence-corrected chi connectivity index (χ0v) is 16.3. The summed E-state index contributed by atoms with van der Waals surface area (Å²) >= 11 is 0. The predicted molar refractivity (Wildman–Crippen MR) is 63.2 cm³/mol. The Kier molecular flexibility index (Phi) is 10.1. The first-order chi connectivity index (χ1) is 11.2. The maximum atomic E-state index is 13.3. The van der Waals surface area contributed by atoms with Gasteiger partial charge < -0.3 is 4.55 Å². The van der Waals surface area contributed by atoms with Crippen LogP contribution in [0, 0.1) is 0 Å². The van der Waals surface area contributed by atoms with Gasteiger partial charge >= 0.3 is 58.8 Å². The Labute approximate surface area is 168 Å². The van der Waals surface area contributed by atoms with Crippen molar-refractivity contribution >= 4 is 10.1 Å². The molecule has 0 heterocycles. The molecule has 0 aliphatic carbocycles. The van der Waals surface area contributed by atoms with Gasteiger partial charge in [-0.05, 0) is 12.8 Å². The Balaban J connectivity index is 0. The van der Waals surface area contributed by atoms with Crippen molar-refractivity contribution in [3.05, 3.63) is 0 Å². The third-order valence-electron chi connectivity index (χ3n) is 3.23. The molecular formula is C11H12F11NaO3S. The van der Waals surface area contributed by atoms with Gasteiger partial charge in [0.05, 0.1) is 0 Å². The van der Waals surface area contributed by atoms with Crippen LogP contribution in [0.25, 0.3) is 0 Å². The first-order valence-corrected chi connectivity index (χ1v) is 8.15. The van der Waals surface area contributed by atoms with E-state index in [9.17, 15) is 61.3 Å². The molecule has 16 heteroatoms. The minimum Gasteiger partial charge on any atom is -0.743 e. The zero-order chi connectivity index (χ0) is 21.2. The summed E-state index contributed by atoms with van der Waals surface area (Å²) in [5.74, 6) is -20.0. The number of alkyl halides is 11. The molecule has 0 aromatic heterocycles. The maximum absolute atomic E-state index is 13.3. The van der Waals surface area contributed by atoms with Gasteiger partial charge in [-0.15, -0.1) is 0 Å². The summed E-state index contributed by atoms with van der Waals surface area (Å²) in [6.07, 6.45) is -10.5. The monoisotopic (exact) mass is 456 g/mol. The fourth-order valence-corrected chi connectivity index (χ4v) is 2.19. The molecule has 0 amide bonds. The SMILES string of the molecule is O=S(=O)([O-])C(F)(F)C(F)(F)C(F)(F)C(F)(F)CCCCCCC(F)(F)F.[Na+]. The van der Waals surface area contributed by atoms with Gasteiger partial charge in [0.2, 0.25) is 0 Å². The van der Waals surface area contributed by atoms with E-state index in [0.29, 0.717) is 0 Å². The molecule has 0 radical (unpaired) electrons. The van der Waals surface area contributed by atoms with Crippen LogP contribution in [0.15, 0.2) is 0 Å². The van der Waals surface area contributed by atoms with Gasteiger partial charge in [-0.2, -0.15) is 48.3 Å². The molecule has 0 unspecified atom stereocenters. The van der Waals surface area contributed by atoms with E-state index in [1.54, 1.807) is 0 Å². The van der Waals surface area contributed by atoms with E-state index in [0.717, 1.165) is 0 Å². The van der Waals surface area contributed by atoms with E-state index in [4.69, 9.17) is 0 Å². The number of rotatable bonds is 10. The Bertz CT molecular complexity index is 575. The summed E-state index contributed by atoms with van der Waals surface area (Å²) in [4.78, 5) is 0. The van der Waals surface area contributed by atoms with Crippen molar-refractivity contribution in [3.63, 3.8) is 0 Å². The van der Waals surface area contributed by atoms with E-state index in [2.05, 4.69) is 0 Å². The average Bonchev–Trinajstić information content (AvgIpc) is 2.39. The first kappa shape index (κ1) is 29.3. The maximum Gasteiger partial charge on any atom is 1.00 e. The third-order valence-corrected chi connectivity index (χ3v) is 4.12. The van der Waals surface area contributed by atoms with Gasteiger partial charge in [-0.3, -0.25) is 0 Å². The van der Waals surface area contributed by atoms with E-state index in [1.165, 1.54) is 0 Å². The second-order valence-corrected chi connectivity index (χ2v) is 6.77. The summed E-state index contributed by atoms with van der Waals surface area (Å²) < 4.78 is 170. The van der Waals surface area contributed by atoms with Gasteiger partial charge in [0.1, 0.15) is 0 Å². The molecule has 0 fully saturated rings. The summed E-state index contributed by atoms with van der Waals surface area (Å²) in [6.45, 7) is 0. The van der Waals surface area contributed by atoms with Crippen LogP contribution in [0.3, 0.4) is 0 Å². The van der Waals surface area contributed by atoms with E-state index >= 15 is 0 Å². The largest absolute Gasteiger partial charge is 1.00 e. The molecular weight excluding hydrogens is 444 g/mol. The van der Waals surface area contributed by atoms with Crippen molar-refractivity contribution in [2.45, 2.75) is 67.7 Å². The topological polar surface area (TPSA) is 57.2 Å². The number of unbranched alkanes of at least 4 members (excludes halogenated alkanes) is 3. The van der Waals surface area contributed by atoms with Crippen molar-refractivity contribution in [2.24, 2.45) is 0 Å². The number of halogens is 11. The van der Waals surface area contributed by atoms with Crippen LogP contribution >= 0.6 is 0 Å². The number of hydrogen-bond acceptors (Lipinski definition) is 3. The van der Waals surface area contributed by atoms with Gasteiger partial charge in [0.25, 0.3) is 0 Å². The molecule has 3 nitrogen and oxygen atoms in total.